The van der Waals surface area contributed by atoms with Crippen molar-refractivity contribution < 1.29 is 13.2 Å². The smallest absolute Gasteiger partial charge is 0.233 e. The first kappa shape index (κ1) is 29.4. The van der Waals surface area contributed by atoms with Crippen molar-refractivity contribution in [2.75, 3.05) is 23.0 Å². The van der Waals surface area contributed by atoms with Gasteiger partial charge in [-0.25, -0.2) is 8.42 Å². The lowest BCUT2D eigenvalue weighted by Gasteiger charge is -2.32. The van der Waals surface area contributed by atoms with Gasteiger partial charge >= 0.3 is 0 Å². The minimum Gasteiger partial charge on any atom is -0.382 e. The second-order valence-corrected chi connectivity index (χ2v) is 13.3. The number of amides is 1. The molecule has 4 aromatic rings. The van der Waals surface area contributed by atoms with Crippen LogP contribution in [0.2, 0.25) is 0 Å². The summed E-state index contributed by atoms with van der Waals surface area (Å²) in [6, 6.07) is 15.9. The van der Waals surface area contributed by atoms with Gasteiger partial charge in [0.25, 0.3) is 0 Å². The lowest BCUT2D eigenvalue weighted by molar-refractivity contribution is -0.118. The predicted octanol–water partition coefficient (Wildman–Crippen LogP) is 5.28. The first-order valence-corrected chi connectivity index (χ1v) is 15.8. The number of nitrogens with zero attached hydrogens (tertiary/aromatic N) is 5. The molecule has 1 amide bonds. The number of benzene rings is 2. The number of aryl methyl sites for hydroxylation is 2. The van der Waals surface area contributed by atoms with Crippen LogP contribution in [0, 0.1) is 11.8 Å². The zero-order chi connectivity index (χ0) is 30.0. The molecule has 1 aliphatic heterocycles. The number of aromatic nitrogens is 4. The molecule has 1 unspecified atom stereocenters. The molecule has 42 heavy (non-hydrogen) atoms. The van der Waals surface area contributed by atoms with Crippen LogP contribution in [-0.2, 0) is 28.7 Å². The summed E-state index contributed by atoms with van der Waals surface area (Å²) in [6.45, 7) is 2.29. The molecule has 2 aromatic heterocycles. The van der Waals surface area contributed by atoms with Crippen LogP contribution in [0.4, 0.5) is 23.0 Å². The normalized spacial score (nSPS) is 19.6. The zero-order valence-corrected chi connectivity index (χ0v) is 25.4. The fourth-order valence-corrected chi connectivity index (χ4v) is 7.56. The summed E-state index contributed by atoms with van der Waals surface area (Å²) in [4.78, 5) is 16.0. The molecule has 1 atom stereocenters. The van der Waals surface area contributed by atoms with E-state index in [0.717, 1.165) is 30.7 Å². The number of carbonyl (C=O) groups excluding carboxylic acids is 1. The van der Waals surface area contributed by atoms with E-state index in [-0.39, 0.29) is 10.8 Å². The van der Waals surface area contributed by atoms with Crippen LogP contribution >= 0.6 is 0 Å². The van der Waals surface area contributed by atoms with Gasteiger partial charge in [0, 0.05) is 39.6 Å². The molecule has 3 heterocycles. The zero-order valence-electron chi connectivity index (χ0n) is 24.6. The van der Waals surface area contributed by atoms with Crippen molar-refractivity contribution in [2.45, 2.75) is 54.7 Å². The van der Waals surface area contributed by atoms with E-state index in [9.17, 15) is 13.2 Å². The highest BCUT2D eigenvalue weighted by Gasteiger charge is 2.34. The molecule has 1 aliphatic carbocycles. The fraction of sp³-hybridized carbons (Fsp3) is 0.387. The summed E-state index contributed by atoms with van der Waals surface area (Å²) >= 11 is 0. The van der Waals surface area contributed by atoms with Gasteiger partial charge < -0.3 is 16.0 Å². The highest BCUT2D eigenvalue weighted by molar-refractivity contribution is 7.92. The first-order valence-electron chi connectivity index (χ1n) is 14.3. The molecule has 2 aromatic carbocycles. The average molecular weight is 590 g/mol. The number of fused-ring (bicyclic) bond motifs is 2. The summed E-state index contributed by atoms with van der Waals surface area (Å²) in [6.07, 6.45) is 8.92. The number of rotatable bonds is 5. The monoisotopic (exact) mass is 589 g/mol. The number of hydrogen-bond acceptors (Lipinski definition) is 7. The van der Waals surface area contributed by atoms with Crippen LogP contribution in [0.5, 0.6) is 0 Å². The van der Waals surface area contributed by atoms with E-state index >= 15 is 0 Å². The lowest BCUT2D eigenvalue weighted by atomic mass is 9.77. The average Bonchev–Trinajstić information content (AvgIpc) is 3.57. The van der Waals surface area contributed by atoms with E-state index in [1.165, 1.54) is 12.8 Å². The predicted molar refractivity (Wildman–Crippen MR) is 164 cm³/mol. The molecule has 0 saturated heterocycles. The molecule has 0 spiro atoms. The molecular weight excluding hydrogens is 550 g/mol. The van der Waals surface area contributed by atoms with Crippen LogP contribution in [0.25, 0.3) is 0 Å². The Hall–Kier alpha value is -4.12. The third kappa shape index (κ3) is 6.20. The fourth-order valence-electron chi connectivity index (χ4n) is 5.87. The topological polar surface area (TPSA) is 128 Å². The van der Waals surface area contributed by atoms with Crippen molar-refractivity contribution in [1.82, 2.24) is 19.6 Å². The quantitative estimate of drug-likeness (QED) is 0.324. The maximum atomic E-state index is 13.5. The summed E-state index contributed by atoms with van der Waals surface area (Å²) in [5.41, 5.74) is 7.33. The van der Waals surface area contributed by atoms with Gasteiger partial charge in [0.1, 0.15) is 5.82 Å². The Labute approximate surface area is 247 Å². The number of carbonyl (C=O) groups is 1. The maximum Gasteiger partial charge on any atom is 0.233 e. The molecule has 11 heteroatoms. The Morgan fingerprint density at radius 2 is 1.60 bits per heavy atom. The van der Waals surface area contributed by atoms with E-state index < -0.39 is 15.8 Å². The summed E-state index contributed by atoms with van der Waals surface area (Å²) in [5.74, 6) is 1.78. The minimum absolute atomic E-state index is 0.107. The number of nitrogen functional groups attached to an aromatic ring is 1. The van der Waals surface area contributed by atoms with Gasteiger partial charge in [0.05, 0.1) is 27.1 Å². The van der Waals surface area contributed by atoms with Crippen molar-refractivity contribution in [3.05, 3.63) is 72.6 Å². The molecule has 222 valence electrons. The van der Waals surface area contributed by atoms with Gasteiger partial charge in [0.2, 0.25) is 15.7 Å². The van der Waals surface area contributed by atoms with Gasteiger partial charge in [-0.2, -0.15) is 10.2 Å². The molecule has 2 aliphatic rings. The van der Waals surface area contributed by atoms with Crippen molar-refractivity contribution >= 4 is 38.8 Å². The Bertz CT molecular complexity index is 1650. The molecule has 0 bridgehead atoms. The third-order valence-corrected chi connectivity index (χ3v) is 10.1. The van der Waals surface area contributed by atoms with Crippen molar-refractivity contribution in [1.29, 1.82) is 0 Å². The lowest BCUT2D eigenvalue weighted by Crippen LogP contribution is -2.26. The summed E-state index contributed by atoms with van der Waals surface area (Å²) < 4.78 is 30.0. The van der Waals surface area contributed by atoms with Crippen LogP contribution in [0.3, 0.4) is 0 Å². The highest BCUT2D eigenvalue weighted by atomic mass is 32.2. The molecular formula is C31H39N7O3S. The van der Waals surface area contributed by atoms with E-state index in [2.05, 4.69) is 22.4 Å². The van der Waals surface area contributed by atoms with E-state index in [1.807, 2.05) is 50.3 Å². The van der Waals surface area contributed by atoms with E-state index in [1.54, 1.807) is 52.1 Å². The number of nitrogens with two attached hydrogens (primary N) is 1. The van der Waals surface area contributed by atoms with Gasteiger partial charge in [-0.3, -0.25) is 14.2 Å². The number of hydrogen-bond donors (Lipinski definition) is 2. The first-order chi connectivity index (χ1) is 20.0. The number of sulfone groups is 1. The summed E-state index contributed by atoms with van der Waals surface area (Å²) in [7, 11) is 1.89. The molecule has 1 fully saturated rings. The molecule has 10 nitrogen and oxygen atoms in total. The second kappa shape index (κ2) is 12.0. The Balaban J connectivity index is 0.000000442. The number of para-hydroxylation sites is 1. The Kier molecular flexibility index (Phi) is 8.40. The van der Waals surface area contributed by atoms with Crippen LogP contribution in [0.1, 0.15) is 50.5 Å². The van der Waals surface area contributed by atoms with Gasteiger partial charge in [-0.15, -0.1) is 0 Å². The molecule has 1 saturated carbocycles. The third-order valence-electron chi connectivity index (χ3n) is 8.27. The largest absolute Gasteiger partial charge is 0.382 e. The minimum atomic E-state index is -3.63. The van der Waals surface area contributed by atoms with Gasteiger partial charge in [-0.1, -0.05) is 50.8 Å². The van der Waals surface area contributed by atoms with E-state index in [4.69, 9.17) is 5.73 Å². The van der Waals surface area contributed by atoms with Crippen LogP contribution in [0.15, 0.2) is 76.8 Å². The van der Waals surface area contributed by atoms with Crippen molar-refractivity contribution in [2.24, 2.45) is 25.9 Å². The maximum absolute atomic E-state index is 13.5. The van der Waals surface area contributed by atoms with Crippen LogP contribution < -0.4 is 16.0 Å². The highest BCUT2D eigenvalue weighted by Crippen LogP contribution is 2.45. The Morgan fingerprint density at radius 1 is 0.929 bits per heavy atom. The summed E-state index contributed by atoms with van der Waals surface area (Å²) in [5, 5.41) is 11.1. The SMILES string of the molecule is CC1CCC(CC(C(=O)Nc2ccn(C)n2)c2ccc3c(c2)N(C)c2ccccc2S3(=O)=O)CC1.Cn1ccc(N)n1. The molecule has 0 radical (unpaired) electrons. The van der Waals surface area contributed by atoms with Crippen molar-refractivity contribution in [3.8, 4) is 0 Å². The standard InChI is InChI=1S/C27H32N4O3S.C4H7N3/c1-18-8-10-19(11-9-18)16-21(27(32)28-26-14-15-30(2)29-26)20-12-13-25-23(17-20)31(3)22-6-4-5-7-24(22)35(25,33)34;1-7-3-2-4(5)6-7/h4-7,12-15,17-19,21H,8-11,16H2,1-3H3,(H,28,29,32);2-3H,1H3,(H2,5,6). The second-order valence-electron chi connectivity index (χ2n) is 11.4. The van der Waals surface area contributed by atoms with Gasteiger partial charge in [-0.05, 0) is 54.2 Å². The Morgan fingerprint density at radius 3 is 2.21 bits per heavy atom. The molecule has 3 N–H and O–H groups in total. The van der Waals surface area contributed by atoms with Crippen molar-refractivity contribution in [3.63, 3.8) is 0 Å². The van der Waals surface area contributed by atoms with Gasteiger partial charge in [0.15, 0.2) is 5.82 Å². The number of nitrogens with one attached hydrogen (secondary N) is 1. The molecule has 6 rings (SSSR count). The van der Waals surface area contributed by atoms with E-state index in [0.29, 0.717) is 33.8 Å². The van der Waals surface area contributed by atoms with Crippen LogP contribution in [-0.4, -0.2) is 40.9 Å². The number of anilines is 4.